The van der Waals surface area contributed by atoms with Gasteiger partial charge in [0.25, 0.3) is 0 Å². The van der Waals surface area contributed by atoms with Crippen LogP contribution in [0.4, 0.5) is 0 Å². The van der Waals surface area contributed by atoms with Gasteiger partial charge in [0.1, 0.15) is 6.10 Å². The summed E-state index contributed by atoms with van der Waals surface area (Å²) in [4.78, 5) is 10.6. The summed E-state index contributed by atoms with van der Waals surface area (Å²) in [6.07, 6.45) is 6.04. The molecule has 2 rings (SSSR count). The molecule has 16 heavy (non-hydrogen) atoms. The van der Waals surface area contributed by atoms with Gasteiger partial charge >= 0.3 is 5.97 Å². The fraction of sp³-hybridized carbons (Fsp3) is 0.917. The van der Waals surface area contributed by atoms with Crippen LogP contribution in [0.5, 0.6) is 0 Å². The van der Waals surface area contributed by atoms with Gasteiger partial charge in [0.2, 0.25) is 0 Å². The fourth-order valence-electron chi connectivity index (χ4n) is 2.09. The summed E-state index contributed by atoms with van der Waals surface area (Å²) < 4.78 is 16.2. The van der Waals surface area contributed by atoms with Crippen molar-refractivity contribution < 1.29 is 19.0 Å². The number of rotatable bonds is 5. The molecule has 2 fully saturated rings. The second-order valence-electron chi connectivity index (χ2n) is 4.64. The summed E-state index contributed by atoms with van der Waals surface area (Å²) in [5, 5.41) is 0. The summed E-state index contributed by atoms with van der Waals surface area (Å²) in [7, 11) is 0. The number of carbonyl (C=O) groups is 1. The quantitative estimate of drug-likeness (QED) is 0.675. The lowest BCUT2D eigenvalue weighted by atomic mass is 10.0. The van der Waals surface area contributed by atoms with Gasteiger partial charge in [-0.3, -0.25) is 4.79 Å². The fourth-order valence-corrected chi connectivity index (χ4v) is 2.09. The SMILES string of the molecule is CC(CCC1CC(=O)O1)OC1CCCCO1. The summed E-state index contributed by atoms with van der Waals surface area (Å²) >= 11 is 0. The average molecular weight is 228 g/mol. The molecule has 4 heteroatoms. The van der Waals surface area contributed by atoms with E-state index in [1.807, 2.05) is 0 Å². The standard InChI is InChI=1S/C12H20O4/c1-9(5-6-10-8-11(13)16-10)15-12-4-2-3-7-14-12/h9-10,12H,2-8H2,1H3. The summed E-state index contributed by atoms with van der Waals surface area (Å²) in [6.45, 7) is 2.87. The first-order valence-electron chi connectivity index (χ1n) is 6.20. The molecule has 92 valence electrons. The van der Waals surface area contributed by atoms with Crippen molar-refractivity contribution in [2.45, 2.75) is 63.9 Å². The normalized spacial score (nSPS) is 31.7. The van der Waals surface area contributed by atoms with Gasteiger partial charge in [0.05, 0.1) is 12.5 Å². The van der Waals surface area contributed by atoms with E-state index in [1.165, 1.54) is 6.42 Å². The zero-order chi connectivity index (χ0) is 11.4. The molecular formula is C12H20O4. The Bertz CT molecular complexity index is 227. The van der Waals surface area contributed by atoms with Crippen LogP contribution in [-0.4, -0.2) is 31.1 Å². The van der Waals surface area contributed by atoms with Crippen LogP contribution in [0.25, 0.3) is 0 Å². The molecule has 0 aromatic heterocycles. The van der Waals surface area contributed by atoms with Gasteiger partial charge in [0, 0.05) is 6.61 Å². The van der Waals surface area contributed by atoms with E-state index in [4.69, 9.17) is 14.2 Å². The molecule has 2 aliphatic rings. The molecule has 0 saturated carbocycles. The third-order valence-corrected chi connectivity index (χ3v) is 3.11. The molecule has 0 radical (unpaired) electrons. The van der Waals surface area contributed by atoms with E-state index in [-0.39, 0.29) is 24.5 Å². The second kappa shape index (κ2) is 5.64. The topological polar surface area (TPSA) is 44.8 Å². The van der Waals surface area contributed by atoms with E-state index in [1.54, 1.807) is 0 Å². The Labute approximate surface area is 96.2 Å². The van der Waals surface area contributed by atoms with Crippen molar-refractivity contribution in [3.63, 3.8) is 0 Å². The first-order valence-corrected chi connectivity index (χ1v) is 6.20. The van der Waals surface area contributed by atoms with Crippen molar-refractivity contribution in [1.82, 2.24) is 0 Å². The van der Waals surface area contributed by atoms with Crippen molar-refractivity contribution in [1.29, 1.82) is 0 Å². The van der Waals surface area contributed by atoms with Crippen LogP contribution in [0, 0.1) is 0 Å². The molecule has 0 aromatic carbocycles. The number of carbonyl (C=O) groups excluding carboxylic acids is 1. The molecule has 2 heterocycles. The van der Waals surface area contributed by atoms with Crippen LogP contribution >= 0.6 is 0 Å². The van der Waals surface area contributed by atoms with Gasteiger partial charge in [0.15, 0.2) is 6.29 Å². The highest BCUT2D eigenvalue weighted by Gasteiger charge is 2.28. The highest BCUT2D eigenvalue weighted by molar-refractivity contribution is 5.75. The van der Waals surface area contributed by atoms with Crippen molar-refractivity contribution in [3.8, 4) is 0 Å². The number of ether oxygens (including phenoxy) is 3. The van der Waals surface area contributed by atoms with Gasteiger partial charge in [-0.05, 0) is 39.0 Å². The van der Waals surface area contributed by atoms with Gasteiger partial charge in [-0.1, -0.05) is 0 Å². The zero-order valence-corrected chi connectivity index (χ0v) is 9.81. The van der Waals surface area contributed by atoms with E-state index in [0.717, 1.165) is 32.3 Å². The van der Waals surface area contributed by atoms with E-state index < -0.39 is 0 Å². The number of esters is 1. The first-order chi connectivity index (χ1) is 7.74. The number of hydrogen-bond acceptors (Lipinski definition) is 4. The number of cyclic esters (lactones) is 1. The molecule has 3 unspecified atom stereocenters. The Kier molecular flexibility index (Phi) is 4.18. The lowest BCUT2D eigenvalue weighted by molar-refractivity contribution is -0.189. The molecule has 0 N–H and O–H groups in total. The Hall–Kier alpha value is -0.610. The molecule has 4 nitrogen and oxygen atoms in total. The largest absolute Gasteiger partial charge is 0.462 e. The molecule has 0 bridgehead atoms. The Morgan fingerprint density at radius 2 is 2.31 bits per heavy atom. The highest BCUT2D eigenvalue weighted by Crippen LogP contribution is 2.21. The Balaban J connectivity index is 1.56. The maximum absolute atomic E-state index is 10.6. The minimum absolute atomic E-state index is 0.0207. The Morgan fingerprint density at radius 3 is 2.94 bits per heavy atom. The lowest BCUT2D eigenvalue weighted by Gasteiger charge is -2.29. The van der Waals surface area contributed by atoms with Crippen LogP contribution in [0.2, 0.25) is 0 Å². The molecular weight excluding hydrogens is 208 g/mol. The van der Waals surface area contributed by atoms with Gasteiger partial charge in [-0.2, -0.15) is 0 Å². The summed E-state index contributed by atoms with van der Waals surface area (Å²) in [5.41, 5.74) is 0. The van der Waals surface area contributed by atoms with E-state index in [9.17, 15) is 4.79 Å². The van der Waals surface area contributed by atoms with Gasteiger partial charge in [-0.25, -0.2) is 0 Å². The molecule has 3 atom stereocenters. The molecule has 0 spiro atoms. The smallest absolute Gasteiger partial charge is 0.309 e. The van der Waals surface area contributed by atoms with Gasteiger partial charge < -0.3 is 14.2 Å². The van der Waals surface area contributed by atoms with Crippen LogP contribution in [-0.2, 0) is 19.0 Å². The Morgan fingerprint density at radius 1 is 1.50 bits per heavy atom. The molecule has 0 aliphatic carbocycles. The van der Waals surface area contributed by atoms with Crippen LogP contribution in [0.1, 0.15) is 45.4 Å². The van der Waals surface area contributed by atoms with Crippen molar-refractivity contribution in [2.75, 3.05) is 6.61 Å². The third-order valence-electron chi connectivity index (χ3n) is 3.11. The molecule has 2 saturated heterocycles. The summed E-state index contributed by atoms with van der Waals surface area (Å²) in [6, 6.07) is 0. The van der Waals surface area contributed by atoms with Crippen LogP contribution in [0.15, 0.2) is 0 Å². The maximum Gasteiger partial charge on any atom is 0.309 e. The predicted molar refractivity (Wildman–Crippen MR) is 57.9 cm³/mol. The minimum Gasteiger partial charge on any atom is -0.462 e. The lowest BCUT2D eigenvalue weighted by Crippen LogP contribution is -2.34. The van der Waals surface area contributed by atoms with Crippen molar-refractivity contribution in [2.24, 2.45) is 0 Å². The first kappa shape index (κ1) is 11.9. The summed E-state index contributed by atoms with van der Waals surface area (Å²) in [5.74, 6) is -0.0748. The maximum atomic E-state index is 10.6. The third kappa shape index (κ3) is 3.46. The zero-order valence-electron chi connectivity index (χ0n) is 9.81. The van der Waals surface area contributed by atoms with Crippen molar-refractivity contribution >= 4 is 5.97 Å². The minimum atomic E-state index is -0.0748. The predicted octanol–water partition coefficient (Wildman–Crippen LogP) is 2.01. The molecule has 2 aliphatic heterocycles. The van der Waals surface area contributed by atoms with Gasteiger partial charge in [-0.15, -0.1) is 0 Å². The number of hydrogen-bond donors (Lipinski definition) is 0. The highest BCUT2D eigenvalue weighted by atomic mass is 16.7. The van der Waals surface area contributed by atoms with E-state index >= 15 is 0 Å². The molecule has 0 aromatic rings. The van der Waals surface area contributed by atoms with Crippen LogP contribution in [0.3, 0.4) is 0 Å². The van der Waals surface area contributed by atoms with E-state index in [0.29, 0.717) is 6.42 Å². The second-order valence-corrected chi connectivity index (χ2v) is 4.64. The van der Waals surface area contributed by atoms with E-state index in [2.05, 4.69) is 6.92 Å². The van der Waals surface area contributed by atoms with Crippen LogP contribution < -0.4 is 0 Å². The average Bonchev–Trinajstić information content (AvgIpc) is 2.24. The van der Waals surface area contributed by atoms with Crippen molar-refractivity contribution in [3.05, 3.63) is 0 Å². The molecule has 0 amide bonds. The monoisotopic (exact) mass is 228 g/mol.